The summed E-state index contributed by atoms with van der Waals surface area (Å²) in [4.78, 5) is 1.59. The Morgan fingerprint density at radius 2 is 1.78 bits per heavy atom. The molecule has 100 valence electrons. The molecule has 1 aromatic heterocycles. The molecule has 2 N–H and O–H groups in total. The molecule has 2 aliphatic rings. The number of fused-ring (bicyclic) bond motifs is 2. The van der Waals surface area contributed by atoms with Crippen LogP contribution in [0.1, 0.15) is 51.0 Å². The van der Waals surface area contributed by atoms with E-state index >= 15 is 0 Å². The minimum absolute atomic E-state index is 0.188. The van der Waals surface area contributed by atoms with E-state index in [-0.39, 0.29) is 16.6 Å². The van der Waals surface area contributed by atoms with Gasteiger partial charge in [0.05, 0.1) is 5.54 Å². The predicted octanol–water partition coefficient (Wildman–Crippen LogP) is 3.03. The highest BCUT2D eigenvalue weighted by atomic mass is 32.1. The fourth-order valence-corrected chi connectivity index (χ4v) is 5.46. The molecule has 0 bridgehead atoms. The second-order valence-corrected chi connectivity index (χ2v) is 8.20. The molecule has 3 rings (SSSR count). The van der Waals surface area contributed by atoms with Crippen molar-refractivity contribution in [1.82, 2.24) is 10.6 Å². The van der Waals surface area contributed by atoms with Crippen molar-refractivity contribution in [2.45, 2.75) is 63.6 Å². The van der Waals surface area contributed by atoms with Crippen molar-refractivity contribution < 1.29 is 0 Å². The van der Waals surface area contributed by atoms with E-state index in [0.717, 1.165) is 6.54 Å². The normalized spacial score (nSPS) is 28.0. The average molecular weight is 264 g/mol. The summed E-state index contributed by atoms with van der Waals surface area (Å²) in [5.74, 6) is 0. The van der Waals surface area contributed by atoms with Gasteiger partial charge >= 0.3 is 0 Å². The highest BCUT2D eigenvalue weighted by Gasteiger charge is 2.49. The summed E-state index contributed by atoms with van der Waals surface area (Å²) in [6, 6.07) is 2.32. The molecule has 3 heteroatoms. The molecule has 0 amide bonds. The zero-order valence-electron chi connectivity index (χ0n) is 11.9. The van der Waals surface area contributed by atoms with Crippen LogP contribution in [0.2, 0.25) is 0 Å². The van der Waals surface area contributed by atoms with Gasteiger partial charge in [-0.15, -0.1) is 11.3 Å². The van der Waals surface area contributed by atoms with Gasteiger partial charge in [0.25, 0.3) is 0 Å². The van der Waals surface area contributed by atoms with Gasteiger partial charge in [0, 0.05) is 22.5 Å². The molecular weight excluding hydrogens is 240 g/mol. The monoisotopic (exact) mass is 264 g/mol. The number of hydrogen-bond donors (Lipinski definition) is 2. The zero-order chi connectivity index (χ0) is 13.0. The van der Waals surface area contributed by atoms with Crippen LogP contribution in [0.25, 0.3) is 0 Å². The first-order valence-electron chi connectivity index (χ1n) is 6.93. The van der Waals surface area contributed by atoms with Crippen LogP contribution in [-0.2, 0) is 12.0 Å². The standard InChI is InChI=1S/C15H24N2S/c1-13(2)9-15(10-14(3,4)17-13)12-11(5-7-16-15)6-8-18-12/h6,8,16-17H,5,7,9-10H2,1-4H3. The van der Waals surface area contributed by atoms with Crippen molar-refractivity contribution in [1.29, 1.82) is 0 Å². The second-order valence-electron chi connectivity index (χ2n) is 7.28. The van der Waals surface area contributed by atoms with Crippen LogP contribution < -0.4 is 10.6 Å². The van der Waals surface area contributed by atoms with Crippen LogP contribution in [0.15, 0.2) is 11.4 Å². The molecule has 1 saturated heterocycles. The molecule has 18 heavy (non-hydrogen) atoms. The van der Waals surface area contributed by atoms with Gasteiger partial charge < -0.3 is 10.6 Å². The van der Waals surface area contributed by atoms with E-state index < -0.39 is 0 Å². The van der Waals surface area contributed by atoms with Crippen LogP contribution >= 0.6 is 11.3 Å². The Morgan fingerprint density at radius 1 is 1.11 bits per heavy atom. The van der Waals surface area contributed by atoms with E-state index in [1.54, 1.807) is 10.4 Å². The SMILES string of the molecule is CC1(C)CC2(CC(C)(C)N1)NCCc1ccsc12. The first kappa shape index (κ1) is 12.6. The third kappa shape index (κ3) is 2.02. The maximum Gasteiger partial charge on any atom is 0.0566 e. The van der Waals surface area contributed by atoms with E-state index in [4.69, 9.17) is 0 Å². The Bertz CT molecular complexity index is 443. The highest BCUT2D eigenvalue weighted by Crippen LogP contribution is 2.46. The topological polar surface area (TPSA) is 24.1 Å². The molecule has 3 heterocycles. The Morgan fingerprint density at radius 3 is 2.44 bits per heavy atom. The van der Waals surface area contributed by atoms with E-state index in [9.17, 15) is 0 Å². The second kappa shape index (κ2) is 3.81. The molecule has 0 radical (unpaired) electrons. The van der Waals surface area contributed by atoms with Crippen molar-refractivity contribution in [3.05, 3.63) is 21.9 Å². The molecule has 0 saturated carbocycles. The third-order valence-corrected chi connectivity index (χ3v) is 5.36. The lowest BCUT2D eigenvalue weighted by Crippen LogP contribution is -2.66. The maximum absolute atomic E-state index is 3.86. The summed E-state index contributed by atoms with van der Waals surface area (Å²) in [6.07, 6.45) is 3.54. The quantitative estimate of drug-likeness (QED) is 0.752. The summed E-state index contributed by atoms with van der Waals surface area (Å²) in [5.41, 5.74) is 2.15. The van der Waals surface area contributed by atoms with Gasteiger partial charge in [-0.2, -0.15) is 0 Å². The molecule has 1 fully saturated rings. The van der Waals surface area contributed by atoms with Gasteiger partial charge in [0.1, 0.15) is 0 Å². The van der Waals surface area contributed by atoms with Gasteiger partial charge in [0.2, 0.25) is 0 Å². The number of thiophene rings is 1. The van der Waals surface area contributed by atoms with Crippen molar-refractivity contribution in [2.75, 3.05) is 6.54 Å². The number of hydrogen-bond acceptors (Lipinski definition) is 3. The van der Waals surface area contributed by atoms with E-state index in [1.165, 1.54) is 19.3 Å². The summed E-state index contributed by atoms with van der Waals surface area (Å²) in [5, 5.41) is 9.91. The fourth-order valence-electron chi connectivity index (χ4n) is 4.33. The Kier molecular flexibility index (Phi) is 2.68. The molecule has 0 unspecified atom stereocenters. The molecule has 0 aromatic carbocycles. The van der Waals surface area contributed by atoms with E-state index in [2.05, 4.69) is 49.8 Å². The summed E-state index contributed by atoms with van der Waals surface area (Å²) in [7, 11) is 0. The predicted molar refractivity (Wildman–Crippen MR) is 78.2 cm³/mol. The van der Waals surface area contributed by atoms with Gasteiger partial charge in [-0.25, -0.2) is 0 Å². The van der Waals surface area contributed by atoms with Crippen molar-refractivity contribution in [2.24, 2.45) is 0 Å². The lowest BCUT2D eigenvalue weighted by Gasteiger charge is -2.54. The third-order valence-electron chi connectivity index (χ3n) is 4.20. The smallest absolute Gasteiger partial charge is 0.0566 e. The minimum Gasteiger partial charge on any atom is -0.307 e. The van der Waals surface area contributed by atoms with Crippen LogP contribution in [0.5, 0.6) is 0 Å². The molecular formula is C15H24N2S. The molecule has 0 atom stereocenters. The number of piperidine rings is 1. The average Bonchev–Trinajstić information content (AvgIpc) is 2.61. The summed E-state index contributed by atoms with van der Waals surface area (Å²) in [6.45, 7) is 10.5. The molecule has 0 aliphatic carbocycles. The molecule has 1 aromatic rings. The van der Waals surface area contributed by atoms with Crippen molar-refractivity contribution in [3.63, 3.8) is 0 Å². The molecule has 1 spiro atoms. The van der Waals surface area contributed by atoms with E-state index in [0.29, 0.717) is 0 Å². The van der Waals surface area contributed by atoms with Gasteiger partial charge in [0.15, 0.2) is 0 Å². The van der Waals surface area contributed by atoms with Crippen LogP contribution in [-0.4, -0.2) is 17.6 Å². The maximum atomic E-state index is 3.86. The molecule has 2 nitrogen and oxygen atoms in total. The fraction of sp³-hybridized carbons (Fsp3) is 0.733. The first-order chi connectivity index (χ1) is 8.32. The van der Waals surface area contributed by atoms with Crippen LogP contribution in [0, 0.1) is 0 Å². The van der Waals surface area contributed by atoms with Gasteiger partial charge in [-0.3, -0.25) is 0 Å². The van der Waals surface area contributed by atoms with Crippen LogP contribution in [0.4, 0.5) is 0 Å². The van der Waals surface area contributed by atoms with Crippen molar-refractivity contribution >= 4 is 11.3 Å². The Hall–Kier alpha value is -0.380. The highest BCUT2D eigenvalue weighted by molar-refractivity contribution is 7.10. The van der Waals surface area contributed by atoms with Crippen LogP contribution in [0.3, 0.4) is 0 Å². The lowest BCUT2D eigenvalue weighted by atomic mass is 9.68. The van der Waals surface area contributed by atoms with Gasteiger partial charge in [-0.05, 0) is 64.0 Å². The van der Waals surface area contributed by atoms with Crippen molar-refractivity contribution in [3.8, 4) is 0 Å². The summed E-state index contributed by atoms with van der Waals surface area (Å²) >= 11 is 1.94. The largest absolute Gasteiger partial charge is 0.307 e. The first-order valence-corrected chi connectivity index (χ1v) is 7.81. The van der Waals surface area contributed by atoms with Gasteiger partial charge in [-0.1, -0.05) is 0 Å². The van der Waals surface area contributed by atoms with E-state index in [1.807, 2.05) is 11.3 Å². The summed E-state index contributed by atoms with van der Waals surface area (Å²) < 4.78 is 0. The minimum atomic E-state index is 0.188. The Balaban J connectivity index is 2.06. The number of rotatable bonds is 0. The zero-order valence-corrected chi connectivity index (χ0v) is 12.7. The number of nitrogens with one attached hydrogen (secondary N) is 2. The Labute approximate surface area is 114 Å². The molecule has 2 aliphatic heterocycles. The lowest BCUT2D eigenvalue weighted by molar-refractivity contribution is 0.0765.